The number of rotatable bonds is 6. The predicted molar refractivity (Wildman–Crippen MR) is 61.7 cm³/mol. The van der Waals surface area contributed by atoms with Gasteiger partial charge in [-0.05, 0) is 25.1 Å². The molecule has 1 aromatic rings. The van der Waals surface area contributed by atoms with Crippen LogP contribution in [-0.4, -0.2) is 30.3 Å². The molecule has 0 aliphatic heterocycles. The van der Waals surface area contributed by atoms with Gasteiger partial charge in [-0.25, -0.2) is 4.39 Å². The number of carboxylic acid groups (broad SMARTS) is 1. The van der Waals surface area contributed by atoms with Gasteiger partial charge >= 0.3 is 5.97 Å². The van der Waals surface area contributed by atoms with Gasteiger partial charge < -0.3 is 15.2 Å². The van der Waals surface area contributed by atoms with E-state index in [1.165, 1.54) is 6.07 Å². The van der Waals surface area contributed by atoms with Crippen molar-refractivity contribution < 1.29 is 19.0 Å². The fraction of sp³-hybridized carbons (Fsp3) is 0.417. The fourth-order valence-corrected chi connectivity index (χ4v) is 1.31. The topological polar surface area (TPSA) is 58.6 Å². The highest BCUT2D eigenvalue weighted by atomic mass is 19.1. The molecule has 0 aliphatic rings. The van der Waals surface area contributed by atoms with E-state index in [9.17, 15) is 9.18 Å². The van der Waals surface area contributed by atoms with E-state index in [0.717, 1.165) is 0 Å². The first-order valence-corrected chi connectivity index (χ1v) is 5.39. The van der Waals surface area contributed by atoms with Crippen molar-refractivity contribution in [2.24, 2.45) is 0 Å². The van der Waals surface area contributed by atoms with E-state index in [2.05, 4.69) is 5.32 Å². The molecule has 0 heterocycles. The average molecular weight is 241 g/mol. The molecule has 1 atom stereocenters. The lowest BCUT2D eigenvalue weighted by Gasteiger charge is -2.14. The van der Waals surface area contributed by atoms with Gasteiger partial charge in [-0.15, -0.1) is 0 Å². The number of hydrogen-bond donors (Lipinski definition) is 2. The number of likely N-dealkylation sites (N-methyl/N-ethyl adjacent to an activating group) is 1. The van der Waals surface area contributed by atoms with Crippen molar-refractivity contribution in [2.45, 2.75) is 19.9 Å². The second kappa shape index (κ2) is 6.20. The Morgan fingerprint density at radius 1 is 1.59 bits per heavy atom. The number of ether oxygens (including phenoxy) is 1. The molecule has 1 rings (SSSR count). The van der Waals surface area contributed by atoms with Crippen LogP contribution in [0.2, 0.25) is 0 Å². The van der Waals surface area contributed by atoms with Crippen LogP contribution in [0.15, 0.2) is 18.2 Å². The maximum absolute atomic E-state index is 13.2. The minimum atomic E-state index is -0.987. The van der Waals surface area contributed by atoms with Crippen molar-refractivity contribution >= 4 is 5.97 Å². The third-order valence-electron chi connectivity index (χ3n) is 2.31. The van der Waals surface area contributed by atoms with Crippen molar-refractivity contribution in [3.8, 4) is 5.75 Å². The van der Waals surface area contributed by atoms with E-state index < -0.39 is 12.0 Å². The number of carbonyl (C=O) groups is 1. The molecule has 4 nitrogen and oxygen atoms in total. The number of nitrogens with one attached hydrogen (secondary N) is 1. The zero-order valence-corrected chi connectivity index (χ0v) is 9.87. The maximum Gasteiger partial charge on any atom is 0.324 e. The van der Waals surface area contributed by atoms with E-state index >= 15 is 0 Å². The zero-order chi connectivity index (χ0) is 12.8. The summed E-state index contributed by atoms with van der Waals surface area (Å²) in [5.41, 5.74) is 0.527. The molecule has 0 radical (unpaired) electrons. The molecule has 0 bridgehead atoms. The minimum absolute atomic E-state index is 0.0360. The van der Waals surface area contributed by atoms with E-state index in [1.54, 1.807) is 19.1 Å². The smallest absolute Gasteiger partial charge is 0.324 e. The maximum atomic E-state index is 13.2. The SMILES string of the molecule is CCNC(COc1ccc(C)c(F)c1)C(=O)O. The Hall–Kier alpha value is -1.62. The number of halogens is 1. The van der Waals surface area contributed by atoms with Crippen LogP contribution in [0.4, 0.5) is 4.39 Å². The van der Waals surface area contributed by atoms with Crippen LogP contribution < -0.4 is 10.1 Å². The van der Waals surface area contributed by atoms with Gasteiger partial charge in [0.05, 0.1) is 0 Å². The molecule has 0 aliphatic carbocycles. The number of benzene rings is 1. The van der Waals surface area contributed by atoms with Crippen LogP contribution in [-0.2, 0) is 4.79 Å². The average Bonchev–Trinajstić information content (AvgIpc) is 2.28. The number of hydrogen-bond acceptors (Lipinski definition) is 3. The summed E-state index contributed by atoms with van der Waals surface area (Å²) >= 11 is 0. The number of aryl methyl sites for hydroxylation is 1. The first-order chi connectivity index (χ1) is 8.04. The summed E-state index contributed by atoms with van der Waals surface area (Å²) in [6.07, 6.45) is 0. The second-order valence-electron chi connectivity index (χ2n) is 3.67. The lowest BCUT2D eigenvalue weighted by atomic mass is 10.2. The summed E-state index contributed by atoms with van der Waals surface area (Å²) in [7, 11) is 0. The Labute approximate surface area is 99.4 Å². The quantitative estimate of drug-likeness (QED) is 0.793. The van der Waals surface area contributed by atoms with Gasteiger partial charge in [0.25, 0.3) is 0 Å². The first-order valence-electron chi connectivity index (χ1n) is 5.39. The van der Waals surface area contributed by atoms with E-state index in [1.807, 2.05) is 6.92 Å². The standard InChI is InChI=1S/C12H16FNO3/c1-3-14-11(12(15)16)7-17-9-5-4-8(2)10(13)6-9/h4-6,11,14H,3,7H2,1-2H3,(H,15,16). The van der Waals surface area contributed by atoms with E-state index in [4.69, 9.17) is 9.84 Å². The first kappa shape index (κ1) is 13.4. The van der Waals surface area contributed by atoms with Crippen molar-refractivity contribution in [3.63, 3.8) is 0 Å². The molecule has 5 heteroatoms. The Bertz CT molecular complexity index is 395. The van der Waals surface area contributed by atoms with Crippen LogP contribution in [0.3, 0.4) is 0 Å². The molecule has 0 fully saturated rings. The van der Waals surface area contributed by atoms with Crippen molar-refractivity contribution in [2.75, 3.05) is 13.2 Å². The lowest BCUT2D eigenvalue weighted by Crippen LogP contribution is -2.41. The van der Waals surface area contributed by atoms with E-state index in [0.29, 0.717) is 17.9 Å². The highest BCUT2D eigenvalue weighted by Crippen LogP contribution is 2.15. The van der Waals surface area contributed by atoms with Crippen LogP contribution in [0.25, 0.3) is 0 Å². The Balaban J connectivity index is 2.59. The van der Waals surface area contributed by atoms with Crippen LogP contribution in [0, 0.1) is 12.7 Å². The molecule has 0 saturated heterocycles. The van der Waals surface area contributed by atoms with Crippen LogP contribution >= 0.6 is 0 Å². The van der Waals surface area contributed by atoms with Gasteiger partial charge in [-0.3, -0.25) is 4.79 Å². The van der Waals surface area contributed by atoms with Gasteiger partial charge in [-0.1, -0.05) is 13.0 Å². The number of carboxylic acids is 1. The number of aliphatic carboxylic acids is 1. The van der Waals surface area contributed by atoms with Gasteiger partial charge in [-0.2, -0.15) is 0 Å². The molecule has 0 spiro atoms. The lowest BCUT2D eigenvalue weighted by molar-refractivity contribution is -0.140. The molecule has 94 valence electrons. The Kier molecular flexibility index (Phi) is 4.90. The van der Waals surface area contributed by atoms with Crippen molar-refractivity contribution in [3.05, 3.63) is 29.6 Å². The molecule has 17 heavy (non-hydrogen) atoms. The van der Waals surface area contributed by atoms with Gasteiger partial charge in [0.2, 0.25) is 0 Å². The fourth-order valence-electron chi connectivity index (χ4n) is 1.31. The summed E-state index contributed by atoms with van der Waals surface area (Å²) < 4.78 is 18.4. The molecule has 1 unspecified atom stereocenters. The zero-order valence-electron chi connectivity index (χ0n) is 9.87. The van der Waals surface area contributed by atoms with Crippen LogP contribution in [0.5, 0.6) is 5.75 Å². The second-order valence-corrected chi connectivity index (χ2v) is 3.67. The molecular weight excluding hydrogens is 225 g/mol. The van der Waals surface area contributed by atoms with Crippen LogP contribution in [0.1, 0.15) is 12.5 Å². The largest absolute Gasteiger partial charge is 0.491 e. The third-order valence-corrected chi connectivity index (χ3v) is 2.31. The molecule has 0 aromatic heterocycles. The molecular formula is C12H16FNO3. The Morgan fingerprint density at radius 2 is 2.29 bits per heavy atom. The summed E-state index contributed by atoms with van der Waals surface area (Å²) in [4.78, 5) is 10.8. The summed E-state index contributed by atoms with van der Waals surface area (Å²) in [5, 5.41) is 11.6. The third kappa shape index (κ3) is 4.03. The molecule has 2 N–H and O–H groups in total. The van der Waals surface area contributed by atoms with E-state index in [-0.39, 0.29) is 12.4 Å². The highest BCUT2D eigenvalue weighted by Gasteiger charge is 2.16. The van der Waals surface area contributed by atoms with Gasteiger partial charge in [0, 0.05) is 6.07 Å². The van der Waals surface area contributed by atoms with Crippen molar-refractivity contribution in [1.82, 2.24) is 5.32 Å². The normalized spacial score (nSPS) is 12.2. The van der Waals surface area contributed by atoms with Gasteiger partial charge in [0.1, 0.15) is 24.2 Å². The molecule has 0 saturated carbocycles. The van der Waals surface area contributed by atoms with Crippen molar-refractivity contribution in [1.29, 1.82) is 0 Å². The monoisotopic (exact) mass is 241 g/mol. The van der Waals surface area contributed by atoms with Gasteiger partial charge in [0.15, 0.2) is 0 Å². The predicted octanol–water partition coefficient (Wildman–Crippen LogP) is 1.58. The Morgan fingerprint density at radius 3 is 2.82 bits per heavy atom. The summed E-state index contributed by atoms with van der Waals surface area (Å²) in [5.74, 6) is -1.02. The highest BCUT2D eigenvalue weighted by molar-refractivity contribution is 5.73. The molecule has 0 amide bonds. The summed E-state index contributed by atoms with van der Waals surface area (Å²) in [6.45, 7) is 3.95. The minimum Gasteiger partial charge on any atom is -0.491 e. The summed E-state index contributed by atoms with van der Waals surface area (Å²) in [6, 6.07) is 3.67. The molecule has 1 aromatic carbocycles.